The van der Waals surface area contributed by atoms with Crippen molar-refractivity contribution in [2.24, 2.45) is 5.92 Å². The maximum Gasteiger partial charge on any atom is 0.251 e. The van der Waals surface area contributed by atoms with Gasteiger partial charge in [0.2, 0.25) is 5.91 Å². The van der Waals surface area contributed by atoms with Crippen LogP contribution in [-0.4, -0.2) is 11.8 Å². The molecule has 0 spiro atoms. The van der Waals surface area contributed by atoms with Gasteiger partial charge in [-0.1, -0.05) is 26.0 Å². The summed E-state index contributed by atoms with van der Waals surface area (Å²) in [7, 11) is 0. The van der Waals surface area contributed by atoms with Crippen LogP contribution in [0.2, 0.25) is 0 Å². The van der Waals surface area contributed by atoms with Crippen molar-refractivity contribution in [3.8, 4) is 0 Å². The average molecular weight is 332 g/mol. The molecule has 0 radical (unpaired) electrons. The Morgan fingerprint density at radius 3 is 2.12 bits per heavy atom. The number of halogens is 2. The SMILES string of the molecule is CC(C)C(=O)Nc1ccc(CNC(=O)c2cc(F)cc(F)c2)cc1. The first-order chi connectivity index (χ1) is 11.3. The molecule has 0 bridgehead atoms. The summed E-state index contributed by atoms with van der Waals surface area (Å²) in [5.41, 5.74) is 1.38. The van der Waals surface area contributed by atoms with Crippen LogP contribution in [0.5, 0.6) is 0 Å². The van der Waals surface area contributed by atoms with Crippen molar-refractivity contribution in [3.05, 3.63) is 65.2 Å². The van der Waals surface area contributed by atoms with E-state index in [1.54, 1.807) is 38.1 Å². The van der Waals surface area contributed by atoms with Gasteiger partial charge >= 0.3 is 0 Å². The first kappa shape index (κ1) is 17.6. The van der Waals surface area contributed by atoms with Gasteiger partial charge < -0.3 is 10.6 Å². The second-order valence-corrected chi connectivity index (χ2v) is 5.68. The molecule has 0 saturated carbocycles. The molecule has 0 heterocycles. The predicted octanol–water partition coefficient (Wildman–Crippen LogP) is 3.49. The first-order valence-electron chi connectivity index (χ1n) is 7.49. The minimum absolute atomic E-state index is 0.0756. The van der Waals surface area contributed by atoms with E-state index in [1.807, 2.05) is 0 Å². The van der Waals surface area contributed by atoms with E-state index < -0.39 is 17.5 Å². The van der Waals surface area contributed by atoms with Gasteiger partial charge in [-0.25, -0.2) is 8.78 Å². The van der Waals surface area contributed by atoms with E-state index in [0.717, 1.165) is 17.7 Å². The molecule has 2 amide bonds. The van der Waals surface area contributed by atoms with E-state index in [2.05, 4.69) is 10.6 Å². The fraction of sp³-hybridized carbons (Fsp3) is 0.222. The van der Waals surface area contributed by atoms with E-state index >= 15 is 0 Å². The highest BCUT2D eigenvalue weighted by molar-refractivity contribution is 5.94. The Balaban J connectivity index is 1.94. The summed E-state index contributed by atoms with van der Waals surface area (Å²) < 4.78 is 26.2. The van der Waals surface area contributed by atoms with Crippen molar-refractivity contribution in [1.82, 2.24) is 5.32 Å². The molecule has 0 atom stereocenters. The van der Waals surface area contributed by atoms with E-state index in [-0.39, 0.29) is 23.9 Å². The van der Waals surface area contributed by atoms with Crippen molar-refractivity contribution in [2.45, 2.75) is 20.4 Å². The Morgan fingerprint density at radius 1 is 1.00 bits per heavy atom. The van der Waals surface area contributed by atoms with E-state index in [1.165, 1.54) is 0 Å². The number of rotatable bonds is 5. The lowest BCUT2D eigenvalue weighted by Gasteiger charge is -2.09. The summed E-state index contributed by atoms with van der Waals surface area (Å²) in [6.07, 6.45) is 0. The molecule has 0 fully saturated rings. The molecule has 4 nitrogen and oxygen atoms in total. The Kier molecular flexibility index (Phi) is 5.63. The van der Waals surface area contributed by atoms with Gasteiger partial charge in [0.25, 0.3) is 5.91 Å². The normalized spacial score (nSPS) is 10.5. The largest absolute Gasteiger partial charge is 0.348 e. The summed E-state index contributed by atoms with van der Waals surface area (Å²) in [5.74, 6) is -2.36. The minimum atomic E-state index is -0.801. The molecule has 0 aromatic heterocycles. The molecular weight excluding hydrogens is 314 g/mol. The smallest absolute Gasteiger partial charge is 0.251 e. The number of hydrogen-bond acceptors (Lipinski definition) is 2. The highest BCUT2D eigenvalue weighted by atomic mass is 19.1. The van der Waals surface area contributed by atoms with Crippen molar-refractivity contribution < 1.29 is 18.4 Å². The predicted molar refractivity (Wildman–Crippen MR) is 87.4 cm³/mol. The molecular formula is C18H18F2N2O2. The van der Waals surface area contributed by atoms with Crippen LogP contribution in [0, 0.1) is 17.6 Å². The highest BCUT2D eigenvalue weighted by Gasteiger charge is 2.09. The fourth-order valence-electron chi connectivity index (χ4n) is 1.96. The van der Waals surface area contributed by atoms with Crippen molar-refractivity contribution in [1.29, 1.82) is 0 Å². The number of amides is 2. The Hall–Kier alpha value is -2.76. The van der Waals surface area contributed by atoms with Gasteiger partial charge in [0, 0.05) is 29.8 Å². The maximum absolute atomic E-state index is 13.1. The molecule has 2 N–H and O–H groups in total. The van der Waals surface area contributed by atoms with Gasteiger partial charge in [-0.15, -0.1) is 0 Å². The molecule has 0 saturated heterocycles. The van der Waals surface area contributed by atoms with Crippen molar-refractivity contribution in [3.63, 3.8) is 0 Å². The van der Waals surface area contributed by atoms with Crippen molar-refractivity contribution in [2.75, 3.05) is 5.32 Å². The van der Waals surface area contributed by atoms with E-state index in [0.29, 0.717) is 11.8 Å². The summed E-state index contributed by atoms with van der Waals surface area (Å²) in [6.45, 7) is 3.80. The highest BCUT2D eigenvalue weighted by Crippen LogP contribution is 2.12. The van der Waals surface area contributed by atoms with Crippen LogP contribution in [-0.2, 0) is 11.3 Å². The molecule has 0 aliphatic rings. The summed E-state index contributed by atoms with van der Waals surface area (Å²) in [6, 6.07) is 9.62. The molecule has 0 aliphatic heterocycles. The standard InChI is InChI=1S/C18H18F2N2O2/c1-11(2)17(23)22-16-5-3-12(4-6-16)10-21-18(24)13-7-14(19)9-15(20)8-13/h3-9,11H,10H2,1-2H3,(H,21,24)(H,22,23). The van der Waals surface area contributed by atoms with Crippen LogP contribution in [0.4, 0.5) is 14.5 Å². The van der Waals surface area contributed by atoms with Crippen LogP contribution in [0.3, 0.4) is 0 Å². The quantitative estimate of drug-likeness (QED) is 0.880. The third kappa shape index (κ3) is 4.87. The zero-order valence-corrected chi connectivity index (χ0v) is 13.4. The second kappa shape index (κ2) is 7.68. The van der Waals surface area contributed by atoms with Crippen LogP contribution in [0.15, 0.2) is 42.5 Å². The Morgan fingerprint density at radius 2 is 1.58 bits per heavy atom. The molecule has 24 heavy (non-hydrogen) atoms. The fourth-order valence-corrected chi connectivity index (χ4v) is 1.96. The number of hydrogen-bond donors (Lipinski definition) is 2. The van der Waals surface area contributed by atoms with E-state index in [9.17, 15) is 18.4 Å². The third-order valence-electron chi connectivity index (χ3n) is 3.32. The number of anilines is 1. The second-order valence-electron chi connectivity index (χ2n) is 5.68. The third-order valence-corrected chi connectivity index (χ3v) is 3.32. The molecule has 0 unspecified atom stereocenters. The van der Waals surface area contributed by atoms with Crippen LogP contribution < -0.4 is 10.6 Å². The van der Waals surface area contributed by atoms with Gasteiger partial charge in [-0.3, -0.25) is 9.59 Å². The van der Waals surface area contributed by atoms with Gasteiger partial charge in [-0.05, 0) is 29.8 Å². The topological polar surface area (TPSA) is 58.2 Å². The molecule has 126 valence electrons. The molecule has 2 rings (SSSR count). The Labute approximate surface area is 138 Å². The van der Waals surface area contributed by atoms with Crippen molar-refractivity contribution >= 4 is 17.5 Å². The molecule has 2 aromatic rings. The van der Waals surface area contributed by atoms with Gasteiger partial charge in [0.1, 0.15) is 11.6 Å². The summed E-state index contributed by atoms with van der Waals surface area (Å²) >= 11 is 0. The van der Waals surface area contributed by atoms with Crippen LogP contribution >= 0.6 is 0 Å². The monoisotopic (exact) mass is 332 g/mol. The number of nitrogens with one attached hydrogen (secondary N) is 2. The lowest BCUT2D eigenvalue weighted by Crippen LogP contribution is -2.23. The molecule has 0 aliphatic carbocycles. The lowest BCUT2D eigenvalue weighted by atomic mass is 10.1. The van der Waals surface area contributed by atoms with Gasteiger partial charge in [0.15, 0.2) is 0 Å². The Bertz CT molecular complexity index is 723. The first-order valence-corrected chi connectivity index (χ1v) is 7.49. The van der Waals surface area contributed by atoms with Gasteiger partial charge in [0.05, 0.1) is 0 Å². The zero-order chi connectivity index (χ0) is 17.7. The molecule has 6 heteroatoms. The van der Waals surface area contributed by atoms with Gasteiger partial charge in [-0.2, -0.15) is 0 Å². The summed E-state index contributed by atoms with van der Waals surface area (Å²) in [4.78, 5) is 23.5. The zero-order valence-electron chi connectivity index (χ0n) is 13.4. The molecule has 2 aromatic carbocycles. The lowest BCUT2D eigenvalue weighted by molar-refractivity contribution is -0.118. The van der Waals surface area contributed by atoms with Crippen LogP contribution in [0.25, 0.3) is 0 Å². The van der Waals surface area contributed by atoms with Crippen LogP contribution in [0.1, 0.15) is 29.8 Å². The summed E-state index contributed by atoms with van der Waals surface area (Å²) in [5, 5.41) is 5.35. The average Bonchev–Trinajstić information content (AvgIpc) is 2.52. The minimum Gasteiger partial charge on any atom is -0.348 e. The number of benzene rings is 2. The number of carbonyl (C=O) groups is 2. The maximum atomic E-state index is 13.1. The number of carbonyl (C=O) groups excluding carboxylic acids is 2. The van der Waals surface area contributed by atoms with E-state index in [4.69, 9.17) is 0 Å².